The molecule has 8 nitrogen and oxygen atoms in total. The van der Waals surface area contributed by atoms with E-state index in [9.17, 15) is 4.79 Å². The van der Waals surface area contributed by atoms with Crippen LogP contribution in [0.25, 0.3) is 11.4 Å². The number of ether oxygens (including phenoxy) is 2. The number of nitrogens with zero attached hydrogens (tertiary/aromatic N) is 4. The molecule has 1 fully saturated rings. The van der Waals surface area contributed by atoms with Crippen LogP contribution in [-0.4, -0.2) is 59.0 Å². The first-order valence-electron chi connectivity index (χ1n) is 10.4. The van der Waals surface area contributed by atoms with Crippen molar-refractivity contribution in [1.29, 1.82) is 0 Å². The van der Waals surface area contributed by atoms with E-state index in [1.165, 1.54) is 6.92 Å². The Morgan fingerprint density at radius 3 is 2.55 bits per heavy atom. The standard InChI is InChI=1S/C22H28ClN5O3/c1-14(28-15(2)29)13-30-19-4-6-20(7-5-19)31-22-17(9-24-3)8-16(10-27-22)21-25-11-18(23)12-26-21/h8-12,14,19-20H,4-7,13H2,1-3H3,(H,28,29)/t14-,19?,20?/m0/s1. The van der Waals surface area contributed by atoms with Gasteiger partial charge in [-0.2, -0.15) is 0 Å². The van der Waals surface area contributed by atoms with E-state index in [4.69, 9.17) is 21.1 Å². The van der Waals surface area contributed by atoms with Crippen molar-refractivity contribution in [1.82, 2.24) is 20.3 Å². The van der Waals surface area contributed by atoms with Crippen LogP contribution in [-0.2, 0) is 9.53 Å². The quantitative estimate of drug-likeness (QED) is 0.624. The molecule has 1 aliphatic rings. The van der Waals surface area contributed by atoms with Crippen molar-refractivity contribution in [2.45, 2.75) is 57.8 Å². The summed E-state index contributed by atoms with van der Waals surface area (Å²) in [6.45, 7) is 3.97. The predicted molar refractivity (Wildman–Crippen MR) is 120 cm³/mol. The fraction of sp³-hybridized carbons (Fsp3) is 0.500. The van der Waals surface area contributed by atoms with Crippen molar-refractivity contribution < 1.29 is 14.3 Å². The fourth-order valence-corrected chi connectivity index (χ4v) is 3.62. The summed E-state index contributed by atoms with van der Waals surface area (Å²) >= 11 is 5.87. The van der Waals surface area contributed by atoms with Gasteiger partial charge >= 0.3 is 0 Å². The molecule has 0 aromatic carbocycles. The Balaban J connectivity index is 1.57. The molecule has 2 heterocycles. The van der Waals surface area contributed by atoms with E-state index in [1.54, 1.807) is 31.9 Å². The largest absolute Gasteiger partial charge is 0.474 e. The van der Waals surface area contributed by atoms with Gasteiger partial charge in [0.2, 0.25) is 11.8 Å². The summed E-state index contributed by atoms with van der Waals surface area (Å²) in [7, 11) is 1.71. The van der Waals surface area contributed by atoms with Gasteiger partial charge in [-0.3, -0.25) is 9.79 Å². The number of halogens is 1. The molecule has 2 aromatic heterocycles. The Morgan fingerprint density at radius 2 is 1.90 bits per heavy atom. The minimum Gasteiger partial charge on any atom is -0.474 e. The Hall–Kier alpha value is -2.58. The number of carbonyl (C=O) groups is 1. The molecule has 3 rings (SSSR count). The lowest BCUT2D eigenvalue weighted by atomic mass is 9.95. The van der Waals surface area contributed by atoms with Crippen molar-refractivity contribution >= 4 is 23.7 Å². The van der Waals surface area contributed by atoms with Crippen LogP contribution in [0.3, 0.4) is 0 Å². The number of hydrogen-bond donors (Lipinski definition) is 1. The van der Waals surface area contributed by atoms with E-state index in [1.807, 2.05) is 13.0 Å². The average molecular weight is 446 g/mol. The van der Waals surface area contributed by atoms with E-state index >= 15 is 0 Å². The number of rotatable bonds is 8. The summed E-state index contributed by atoms with van der Waals surface area (Å²) in [6.07, 6.45) is 10.4. The molecule has 1 atom stereocenters. The third kappa shape index (κ3) is 6.97. The van der Waals surface area contributed by atoms with Crippen LogP contribution in [0.2, 0.25) is 5.02 Å². The maximum Gasteiger partial charge on any atom is 0.222 e. The lowest BCUT2D eigenvalue weighted by Crippen LogP contribution is -2.37. The SMILES string of the molecule is CN=Cc1cc(-c2ncc(Cl)cn2)cnc1OC1CCC(OC[C@H](C)NC(C)=O)CC1. The Labute approximate surface area is 187 Å². The van der Waals surface area contributed by atoms with E-state index < -0.39 is 0 Å². The average Bonchev–Trinajstić information content (AvgIpc) is 2.75. The van der Waals surface area contributed by atoms with Gasteiger partial charge in [0.25, 0.3) is 0 Å². The third-order valence-electron chi connectivity index (χ3n) is 4.96. The number of aliphatic imine (C=N–C) groups is 1. The van der Waals surface area contributed by atoms with E-state index in [2.05, 4.69) is 25.3 Å². The lowest BCUT2D eigenvalue weighted by molar-refractivity contribution is -0.120. The van der Waals surface area contributed by atoms with Gasteiger partial charge < -0.3 is 14.8 Å². The van der Waals surface area contributed by atoms with E-state index in [-0.39, 0.29) is 24.2 Å². The van der Waals surface area contributed by atoms with Gasteiger partial charge in [-0.1, -0.05) is 11.6 Å². The summed E-state index contributed by atoms with van der Waals surface area (Å²) in [4.78, 5) is 28.2. The highest BCUT2D eigenvalue weighted by atomic mass is 35.5. The van der Waals surface area contributed by atoms with Crippen molar-refractivity contribution in [3.05, 3.63) is 35.2 Å². The molecule has 0 radical (unpaired) electrons. The first-order chi connectivity index (χ1) is 14.9. The van der Waals surface area contributed by atoms with Crippen LogP contribution >= 0.6 is 11.6 Å². The number of aromatic nitrogens is 3. The van der Waals surface area contributed by atoms with Gasteiger partial charge in [0.15, 0.2) is 5.82 Å². The summed E-state index contributed by atoms with van der Waals surface area (Å²) in [6, 6.07) is 1.92. The van der Waals surface area contributed by atoms with Crippen LogP contribution in [0.4, 0.5) is 0 Å². The van der Waals surface area contributed by atoms with E-state index in [0.717, 1.165) is 36.8 Å². The summed E-state index contributed by atoms with van der Waals surface area (Å²) in [5.41, 5.74) is 1.55. The molecule has 0 aliphatic heterocycles. The van der Waals surface area contributed by atoms with Crippen LogP contribution in [0.5, 0.6) is 5.88 Å². The van der Waals surface area contributed by atoms with E-state index in [0.29, 0.717) is 23.3 Å². The molecule has 166 valence electrons. The molecule has 0 bridgehead atoms. The second-order valence-corrected chi connectivity index (χ2v) is 8.12. The van der Waals surface area contributed by atoms with Crippen LogP contribution in [0.15, 0.2) is 29.6 Å². The first-order valence-corrected chi connectivity index (χ1v) is 10.8. The van der Waals surface area contributed by atoms with Crippen molar-refractivity contribution in [3.8, 4) is 17.3 Å². The van der Waals surface area contributed by atoms with Crippen molar-refractivity contribution in [2.75, 3.05) is 13.7 Å². The predicted octanol–water partition coefficient (Wildman–Crippen LogP) is 3.47. The maximum atomic E-state index is 11.1. The molecular weight excluding hydrogens is 418 g/mol. The van der Waals surface area contributed by atoms with Crippen molar-refractivity contribution in [2.24, 2.45) is 4.99 Å². The Morgan fingerprint density at radius 1 is 1.23 bits per heavy atom. The Kier molecular flexibility index (Phi) is 8.31. The molecule has 1 saturated carbocycles. The highest BCUT2D eigenvalue weighted by Crippen LogP contribution is 2.28. The zero-order valence-corrected chi connectivity index (χ0v) is 18.8. The molecule has 0 saturated heterocycles. The summed E-state index contributed by atoms with van der Waals surface area (Å²) in [5, 5.41) is 3.32. The molecule has 2 aromatic rings. The number of nitrogens with one attached hydrogen (secondary N) is 1. The van der Waals surface area contributed by atoms with Crippen LogP contribution in [0, 0.1) is 0 Å². The highest BCUT2D eigenvalue weighted by Gasteiger charge is 2.24. The topological polar surface area (TPSA) is 98.6 Å². The molecule has 1 amide bonds. The van der Waals surface area contributed by atoms with Gasteiger partial charge in [-0.15, -0.1) is 0 Å². The molecule has 1 N–H and O–H groups in total. The highest BCUT2D eigenvalue weighted by molar-refractivity contribution is 6.30. The molecule has 0 unspecified atom stereocenters. The molecule has 9 heteroatoms. The molecular formula is C22H28ClN5O3. The van der Waals surface area contributed by atoms with Gasteiger partial charge in [-0.05, 0) is 38.7 Å². The van der Waals surface area contributed by atoms with Gasteiger partial charge in [0.1, 0.15) is 6.10 Å². The monoisotopic (exact) mass is 445 g/mol. The second kappa shape index (κ2) is 11.2. The molecule has 1 aliphatic carbocycles. The maximum absolute atomic E-state index is 11.1. The second-order valence-electron chi connectivity index (χ2n) is 7.68. The minimum atomic E-state index is -0.0409. The van der Waals surface area contributed by atoms with Crippen LogP contribution < -0.4 is 10.1 Å². The first kappa shape index (κ1) is 23.1. The van der Waals surface area contributed by atoms with Gasteiger partial charge in [0, 0.05) is 50.4 Å². The van der Waals surface area contributed by atoms with Gasteiger partial charge in [0.05, 0.1) is 23.3 Å². The number of pyridine rings is 1. The molecule has 31 heavy (non-hydrogen) atoms. The van der Waals surface area contributed by atoms with Crippen molar-refractivity contribution in [3.63, 3.8) is 0 Å². The minimum absolute atomic E-state index is 0.00898. The normalized spacial score (nSPS) is 19.9. The third-order valence-corrected chi connectivity index (χ3v) is 5.15. The number of hydrogen-bond acceptors (Lipinski definition) is 7. The summed E-state index contributed by atoms with van der Waals surface area (Å²) in [5.74, 6) is 1.05. The zero-order valence-electron chi connectivity index (χ0n) is 18.0. The van der Waals surface area contributed by atoms with Gasteiger partial charge in [-0.25, -0.2) is 15.0 Å². The number of carbonyl (C=O) groups excluding carboxylic acids is 1. The Bertz CT molecular complexity index is 899. The number of amides is 1. The smallest absolute Gasteiger partial charge is 0.222 e. The fourth-order valence-electron chi connectivity index (χ4n) is 3.53. The summed E-state index contributed by atoms with van der Waals surface area (Å²) < 4.78 is 12.1. The molecule has 0 spiro atoms. The van der Waals surface area contributed by atoms with Crippen LogP contribution in [0.1, 0.15) is 45.1 Å². The lowest BCUT2D eigenvalue weighted by Gasteiger charge is -2.29. The zero-order chi connectivity index (χ0) is 22.2.